The lowest BCUT2D eigenvalue weighted by Gasteiger charge is -2.14. The number of halogens is 4. The Hall–Kier alpha value is -1.82. The second-order valence-corrected chi connectivity index (χ2v) is 5.20. The Kier molecular flexibility index (Phi) is 4.67. The first-order valence-electron chi connectivity index (χ1n) is 5.94. The first-order chi connectivity index (χ1) is 9.90. The number of aldehydes is 1. The number of alkyl halides is 3. The highest BCUT2D eigenvalue weighted by molar-refractivity contribution is 9.10. The molecular weight excluding hydrogens is 349 g/mol. The van der Waals surface area contributed by atoms with Crippen LogP contribution >= 0.6 is 15.9 Å². The fourth-order valence-electron chi connectivity index (χ4n) is 1.71. The van der Waals surface area contributed by atoms with Crippen LogP contribution in [0, 0.1) is 0 Å². The highest BCUT2D eigenvalue weighted by Crippen LogP contribution is 2.37. The molecule has 0 atom stereocenters. The molecule has 21 heavy (non-hydrogen) atoms. The second-order valence-electron chi connectivity index (χ2n) is 4.29. The maximum absolute atomic E-state index is 12.9. The number of carbonyl (C=O) groups is 1. The molecule has 2 aromatic rings. The Morgan fingerprint density at radius 2 is 1.76 bits per heavy atom. The fraction of sp³-hybridized carbons (Fsp3) is 0.133. The molecule has 110 valence electrons. The van der Waals surface area contributed by atoms with Crippen molar-refractivity contribution in [2.24, 2.45) is 0 Å². The standard InChI is InChI=1S/C15H10BrF3O2/c16-12-4-1-10(2-5-12)9-21-14-6-3-11(8-20)7-13(14)15(17,18)19/h1-8H,9H2. The predicted molar refractivity (Wildman–Crippen MR) is 75.3 cm³/mol. The second kappa shape index (κ2) is 6.30. The van der Waals surface area contributed by atoms with E-state index in [0.717, 1.165) is 22.2 Å². The van der Waals surface area contributed by atoms with Gasteiger partial charge in [-0.2, -0.15) is 13.2 Å². The van der Waals surface area contributed by atoms with E-state index in [4.69, 9.17) is 4.74 Å². The molecule has 0 bridgehead atoms. The molecule has 2 nitrogen and oxygen atoms in total. The van der Waals surface area contributed by atoms with Crippen LogP contribution < -0.4 is 4.74 Å². The van der Waals surface area contributed by atoms with Crippen LogP contribution in [0.3, 0.4) is 0 Å². The number of benzene rings is 2. The predicted octanol–water partition coefficient (Wildman–Crippen LogP) is 4.86. The SMILES string of the molecule is O=Cc1ccc(OCc2ccc(Br)cc2)c(C(F)(F)F)c1. The molecule has 2 rings (SSSR count). The van der Waals surface area contributed by atoms with Gasteiger partial charge in [-0.15, -0.1) is 0 Å². The summed E-state index contributed by atoms with van der Waals surface area (Å²) < 4.78 is 44.9. The average Bonchev–Trinajstić information content (AvgIpc) is 2.45. The number of carbonyl (C=O) groups excluding carboxylic acids is 1. The number of ether oxygens (including phenoxy) is 1. The quantitative estimate of drug-likeness (QED) is 0.729. The van der Waals surface area contributed by atoms with Gasteiger partial charge in [0.05, 0.1) is 5.56 Å². The van der Waals surface area contributed by atoms with Gasteiger partial charge < -0.3 is 4.74 Å². The van der Waals surface area contributed by atoms with E-state index in [1.54, 1.807) is 24.3 Å². The van der Waals surface area contributed by atoms with E-state index in [-0.39, 0.29) is 17.9 Å². The lowest BCUT2D eigenvalue weighted by molar-refractivity contribution is -0.139. The van der Waals surface area contributed by atoms with Crippen LogP contribution in [0.2, 0.25) is 0 Å². The lowest BCUT2D eigenvalue weighted by atomic mass is 10.1. The van der Waals surface area contributed by atoms with Crippen LogP contribution in [-0.4, -0.2) is 6.29 Å². The van der Waals surface area contributed by atoms with Gasteiger partial charge in [0.2, 0.25) is 0 Å². The molecule has 0 aliphatic heterocycles. The minimum Gasteiger partial charge on any atom is -0.488 e. The molecular formula is C15H10BrF3O2. The van der Waals surface area contributed by atoms with Gasteiger partial charge >= 0.3 is 6.18 Å². The van der Waals surface area contributed by atoms with E-state index >= 15 is 0 Å². The van der Waals surface area contributed by atoms with Crippen LogP contribution in [-0.2, 0) is 12.8 Å². The first-order valence-corrected chi connectivity index (χ1v) is 6.73. The van der Waals surface area contributed by atoms with Gasteiger partial charge in [-0.1, -0.05) is 28.1 Å². The first kappa shape index (κ1) is 15.6. The van der Waals surface area contributed by atoms with Gasteiger partial charge in [-0.3, -0.25) is 4.79 Å². The summed E-state index contributed by atoms with van der Waals surface area (Å²) in [6.45, 7) is 0.0107. The summed E-state index contributed by atoms with van der Waals surface area (Å²) in [6, 6.07) is 10.3. The molecule has 0 heterocycles. The Bertz CT molecular complexity index is 636. The fourth-order valence-corrected chi connectivity index (χ4v) is 1.97. The molecule has 0 unspecified atom stereocenters. The van der Waals surface area contributed by atoms with E-state index < -0.39 is 11.7 Å². The maximum atomic E-state index is 12.9. The Balaban J connectivity index is 2.23. The van der Waals surface area contributed by atoms with Crippen molar-refractivity contribution >= 4 is 22.2 Å². The van der Waals surface area contributed by atoms with Crippen molar-refractivity contribution in [2.45, 2.75) is 12.8 Å². The highest BCUT2D eigenvalue weighted by Gasteiger charge is 2.34. The van der Waals surface area contributed by atoms with Crippen LogP contribution in [0.1, 0.15) is 21.5 Å². The molecule has 0 spiro atoms. The zero-order chi connectivity index (χ0) is 15.5. The van der Waals surface area contributed by atoms with Gasteiger partial charge in [0.1, 0.15) is 18.6 Å². The summed E-state index contributed by atoms with van der Waals surface area (Å²) in [4.78, 5) is 10.6. The third-order valence-electron chi connectivity index (χ3n) is 2.75. The van der Waals surface area contributed by atoms with Crippen molar-refractivity contribution in [3.05, 3.63) is 63.6 Å². The molecule has 0 saturated carbocycles. The molecule has 0 aromatic heterocycles. The summed E-state index contributed by atoms with van der Waals surface area (Å²) in [6.07, 6.45) is -4.21. The Labute approximate surface area is 127 Å². The van der Waals surface area contributed by atoms with E-state index in [9.17, 15) is 18.0 Å². The van der Waals surface area contributed by atoms with Crippen molar-refractivity contribution < 1.29 is 22.7 Å². The van der Waals surface area contributed by atoms with Crippen LogP contribution in [0.25, 0.3) is 0 Å². The lowest BCUT2D eigenvalue weighted by Crippen LogP contribution is -2.09. The van der Waals surface area contributed by atoms with Gasteiger partial charge in [0, 0.05) is 10.0 Å². The van der Waals surface area contributed by atoms with E-state index in [1.165, 1.54) is 6.07 Å². The van der Waals surface area contributed by atoms with Crippen molar-refractivity contribution in [2.75, 3.05) is 0 Å². The molecule has 0 radical (unpaired) electrons. The van der Waals surface area contributed by atoms with Crippen LogP contribution in [0.15, 0.2) is 46.9 Å². The van der Waals surface area contributed by atoms with Crippen molar-refractivity contribution in [3.63, 3.8) is 0 Å². The monoisotopic (exact) mass is 358 g/mol. The zero-order valence-corrected chi connectivity index (χ0v) is 12.2. The van der Waals surface area contributed by atoms with E-state index in [2.05, 4.69) is 15.9 Å². The van der Waals surface area contributed by atoms with Gasteiger partial charge in [-0.05, 0) is 35.9 Å². The van der Waals surface area contributed by atoms with Crippen molar-refractivity contribution in [1.82, 2.24) is 0 Å². The number of hydrogen-bond donors (Lipinski definition) is 0. The van der Waals surface area contributed by atoms with Gasteiger partial charge in [0.25, 0.3) is 0 Å². The molecule has 0 amide bonds. The summed E-state index contributed by atoms with van der Waals surface area (Å²) >= 11 is 3.27. The average molecular weight is 359 g/mol. The molecule has 0 N–H and O–H groups in total. The maximum Gasteiger partial charge on any atom is 0.419 e. The molecule has 0 aliphatic rings. The normalized spacial score (nSPS) is 11.2. The van der Waals surface area contributed by atoms with Crippen LogP contribution in [0.4, 0.5) is 13.2 Å². The smallest absolute Gasteiger partial charge is 0.419 e. The Morgan fingerprint density at radius 3 is 2.33 bits per heavy atom. The summed E-state index contributed by atoms with van der Waals surface area (Å²) in [5.41, 5.74) is -0.256. The van der Waals surface area contributed by atoms with Gasteiger partial charge in [-0.25, -0.2) is 0 Å². The van der Waals surface area contributed by atoms with Crippen molar-refractivity contribution in [1.29, 1.82) is 0 Å². The third-order valence-corrected chi connectivity index (χ3v) is 3.28. The highest BCUT2D eigenvalue weighted by atomic mass is 79.9. The minimum atomic E-state index is -4.58. The number of rotatable bonds is 4. The zero-order valence-electron chi connectivity index (χ0n) is 10.7. The largest absolute Gasteiger partial charge is 0.488 e. The summed E-state index contributed by atoms with van der Waals surface area (Å²) in [7, 11) is 0. The summed E-state index contributed by atoms with van der Waals surface area (Å²) in [5.74, 6) is -0.295. The van der Waals surface area contributed by atoms with Crippen molar-refractivity contribution in [3.8, 4) is 5.75 Å². The third kappa shape index (κ3) is 4.07. The summed E-state index contributed by atoms with van der Waals surface area (Å²) in [5, 5.41) is 0. The van der Waals surface area contributed by atoms with E-state index in [1.807, 2.05) is 0 Å². The number of hydrogen-bond acceptors (Lipinski definition) is 2. The van der Waals surface area contributed by atoms with E-state index in [0.29, 0.717) is 6.29 Å². The molecule has 6 heteroatoms. The van der Waals surface area contributed by atoms with Crippen LogP contribution in [0.5, 0.6) is 5.75 Å². The topological polar surface area (TPSA) is 26.3 Å². The molecule has 0 saturated heterocycles. The molecule has 0 fully saturated rings. The molecule has 0 aliphatic carbocycles. The molecule has 2 aromatic carbocycles. The minimum absolute atomic E-state index is 0.0107. The van der Waals surface area contributed by atoms with Gasteiger partial charge in [0.15, 0.2) is 0 Å². The Morgan fingerprint density at radius 1 is 1.10 bits per heavy atom.